The van der Waals surface area contributed by atoms with Crippen LogP contribution in [0.25, 0.3) is 22.3 Å². The second-order valence-corrected chi connectivity index (χ2v) is 8.49. The highest BCUT2D eigenvalue weighted by Crippen LogP contribution is 2.40. The van der Waals surface area contributed by atoms with Crippen LogP contribution in [0.5, 0.6) is 11.5 Å². The van der Waals surface area contributed by atoms with Gasteiger partial charge in [-0.2, -0.15) is 5.10 Å². The van der Waals surface area contributed by atoms with Crippen LogP contribution in [-0.2, 0) is 7.05 Å². The first-order valence-electron chi connectivity index (χ1n) is 11.1. The summed E-state index contributed by atoms with van der Waals surface area (Å²) in [6.07, 6.45) is 1.79. The van der Waals surface area contributed by atoms with Crippen LogP contribution < -0.4 is 20.4 Å². The van der Waals surface area contributed by atoms with Gasteiger partial charge in [-0.05, 0) is 31.3 Å². The molecule has 1 saturated heterocycles. The molecule has 0 saturated carbocycles. The van der Waals surface area contributed by atoms with Crippen LogP contribution in [0.2, 0.25) is 0 Å². The summed E-state index contributed by atoms with van der Waals surface area (Å²) < 4.78 is 13.3. The molecule has 0 radical (unpaired) electrons. The van der Waals surface area contributed by atoms with Crippen LogP contribution in [0.1, 0.15) is 0 Å². The van der Waals surface area contributed by atoms with Gasteiger partial charge in [0.1, 0.15) is 28.3 Å². The maximum atomic E-state index is 13.0. The molecule has 2 aromatic heterocycles. The molecule has 34 heavy (non-hydrogen) atoms. The normalized spacial score (nSPS) is 14.5. The molecule has 3 heterocycles. The fourth-order valence-corrected chi connectivity index (χ4v) is 4.23. The molecule has 0 atom stereocenters. The predicted molar refractivity (Wildman–Crippen MR) is 132 cm³/mol. The van der Waals surface area contributed by atoms with Gasteiger partial charge in [0.15, 0.2) is 16.8 Å². The van der Waals surface area contributed by atoms with Gasteiger partial charge in [0.25, 0.3) is 0 Å². The van der Waals surface area contributed by atoms with Gasteiger partial charge in [0.05, 0.1) is 7.11 Å². The molecule has 1 fully saturated rings. The third-order valence-corrected chi connectivity index (χ3v) is 6.15. The molecule has 9 nitrogen and oxygen atoms in total. The van der Waals surface area contributed by atoms with Crippen molar-refractivity contribution in [2.45, 2.75) is 0 Å². The van der Waals surface area contributed by atoms with Gasteiger partial charge in [-0.1, -0.05) is 0 Å². The average Bonchev–Trinajstić information content (AvgIpc) is 3.25. The lowest BCUT2D eigenvalue weighted by atomic mass is 10.1. The lowest BCUT2D eigenvalue weighted by Gasteiger charge is -2.34. The molecule has 9 heteroatoms. The number of aromatic nitrogens is 2. The number of hydrogen-bond donors (Lipinski definition) is 2. The number of hydrogen-bond acceptors (Lipinski definition) is 8. The molecule has 0 spiro atoms. The molecule has 0 amide bonds. The molecule has 0 aliphatic carbocycles. The Morgan fingerprint density at radius 3 is 2.44 bits per heavy atom. The molecule has 5 rings (SSSR count). The van der Waals surface area contributed by atoms with Crippen LogP contribution >= 0.6 is 0 Å². The number of ether oxygens (including phenoxy) is 1. The molecule has 4 aromatic rings. The molecule has 0 bridgehead atoms. The maximum Gasteiger partial charge on any atom is 0.197 e. The summed E-state index contributed by atoms with van der Waals surface area (Å²) in [7, 11) is 5.43. The fraction of sp³-hybridized carbons (Fsp3) is 0.280. The van der Waals surface area contributed by atoms with Crippen LogP contribution in [-0.4, -0.2) is 60.1 Å². The topological polar surface area (TPSA) is 96.0 Å². The zero-order valence-corrected chi connectivity index (χ0v) is 19.4. The third-order valence-electron chi connectivity index (χ3n) is 6.15. The Bertz CT molecular complexity index is 1390. The van der Waals surface area contributed by atoms with Crippen molar-refractivity contribution in [1.29, 1.82) is 0 Å². The van der Waals surface area contributed by atoms with E-state index in [4.69, 9.17) is 9.15 Å². The molecular formula is C25H27N5O4. The number of rotatable bonds is 5. The lowest BCUT2D eigenvalue weighted by molar-refractivity contribution is 0.313. The van der Waals surface area contributed by atoms with E-state index in [9.17, 15) is 9.90 Å². The summed E-state index contributed by atoms with van der Waals surface area (Å²) in [5.74, 6) is 1.09. The van der Waals surface area contributed by atoms with Gasteiger partial charge < -0.3 is 29.4 Å². The summed E-state index contributed by atoms with van der Waals surface area (Å²) in [5, 5.41) is 18.1. The Morgan fingerprint density at radius 2 is 1.79 bits per heavy atom. The number of benzene rings is 2. The first-order chi connectivity index (χ1) is 16.4. The first-order valence-corrected chi connectivity index (χ1v) is 11.1. The highest BCUT2D eigenvalue weighted by molar-refractivity contribution is 5.98. The number of anilines is 3. The standard InChI is InChI=1S/C25H27N5O4/c1-28-10-12-30(13-11-28)17-6-4-16(5-7-17)20-14-18(31)23-19(32)15-21(33-3)24(25(23)34-20)26-22-8-9-29(2)27-22/h4-9,14-15,32H,10-13H2,1-3H3,(H,26,27). The zero-order valence-electron chi connectivity index (χ0n) is 19.4. The quantitative estimate of drug-likeness (QED) is 0.437. The number of nitrogens with one attached hydrogen (secondary N) is 1. The highest BCUT2D eigenvalue weighted by atomic mass is 16.5. The number of phenolic OH excluding ortho intramolecular Hbond substituents is 1. The smallest absolute Gasteiger partial charge is 0.197 e. The second kappa shape index (κ2) is 8.75. The van der Waals surface area contributed by atoms with Crippen LogP contribution in [0, 0.1) is 0 Å². The van der Waals surface area contributed by atoms with Crippen LogP contribution in [0.15, 0.2) is 57.9 Å². The Kier molecular flexibility index (Phi) is 5.62. The number of piperazine rings is 1. The SMILES string of the molecule is COc1cc(O)c2c(=O)cc(-c3ccc(N4CCN(C)CC4)cc3)oc2c1Nc1ccn(C)n1. The van der Waals surface area contributed by atoms with E-state index in [1.807, 2.05) is 24.3 Å². The van der Waals surface area contributed by atoms with Gasteiger partial charge >= 0.3 is 0 Å². The lowest BCUT2D eigenvalue weighted by Crippen LogP contribution is -2.44. The maximum absolute atomic E-state index is 13.0. The predicted octanol–water partition coefficient (Wildman–Crippen LogP) is 3.40. The van der Waals surface area contributed by atoms with Crippen molar-refractivity contribution < 1.29 is 14.3 Å². The molecule has 1 aliphatic rings. The van der Waals surface area contributed by atoms with Crippen LogP contribution in [0.3, 0.4) is 0 Å². The number of phenols is 1. The van der Waals surface area contributed by atoms with E-state index in [0.29, 0.717) is 23.0 Å². The van der Waals surface area contributed by atoms with Crippen molar-refractivity contribution in [3.63, 3.8) is 0 Å². The van der Waals surface area contributed by atoms with Crippen LogP contribution in [0.4, 0.5) is 17.2 Å². The summed E-state index contributed by atoms with van der Waals surface area (Å²) >= 11 is 0. The van der Waals surface area contributed by atoms with E-state index < -0.39 is 0 Å². The number of fused-ring (bicyclic) bond motifs is 1. The van der Waals surface area contributed by atoms with Gasteiger partial charge in [-0.15, -0.1) is 0 Å². The molecule has 1 aliphatic heterocycles. The molecular weight excluding hydrogens is 434 g/mol. The Labute approximate surface area is 196 Å². The van der Waals surface area contributed by atoms with E-state index in [0.717, 1.165) is 37.4 Å². The Balaban J connectivity index is 1.57. The van der Waals surface area contributed by atoms with Crippen molar-refractivity contribution >= 4 is 28.2 Å². The second-order valence-electron chi connectivity index (χ2n) is 8.49. The van der Waals surface area contributed by atoms with Crippen molar-refractivity contribution in [2.24, 2.45) is 7.05 Å². The molecule has 0 unspecified atom stereocenters. The van der Waals surface area contributed by atoms with Gasteiger partial charge in [0, 0.05) is 68.9 Å². The molecule has 2 N–H and O–H groups in total. The third kappa shape index (κ3) is 4.06. The average molecular weight is 462 g/mol. The largest absolute Gasteiger partial charge is 0.507 e. The first kappa shape index (κ1) is 21.8. The van der Waals surface area contributed by atoms with Gasteiger partial charge in [-0.3, -0.25) is 9.48 Å². The minimum Gasteiger partial charge on any atom is -0.507 e. The highest BCUT2D eigenvalue weighted by Gasteiger charge is 2.20. The van der Waals surface area contributed by atoms with E-state index in [1.165, 1.54) is 19.2 Å². The Morgan fingerprint density at radius 1 is 1.06 bits per heavy atom. The summed E-state index contributed by atoms with van der Waals surface area (Å²) in [5.41, 5.74) is 2.18. The van der Waals surface area contributed by atoms with E-state index in [1.54, 1.807) is 24.0 Å². The summed E-state index contributed by atoms with van der Waals surface area (Å²) in [6, 6.07) is 12.6. The van der Waals surface area contributed by atoms with Gasteiger partial charge in [-0.25, -0.2) is 0 Å². The van der Waals surface area contributed by atoms with E-state index in [2.05, 4.69) is 27.3 Å². The molecule has 2 aromatic carbocycles. The van der Waals surface area contributed by atoms with E-state index in [-0.39, 0.29) is 22.1 Å². The number of methoxy groups -OCH3 is 1. The van der Waals surface area contributed by atoms with Crippen molar-refractivity contribution in [3.8, 4) is 22.8 Å². The summed E-state index contributed by atoms with van der Waals surface area (Å²) in [4.78, 5) is 17.7. The van der Waals surface area contributed by atoms with Crippen molar-refractivity contribution in [3.05, 3.63) is 58.9 Å². The number of likely N-dealkylation sites (N-methyl/N-ethyl adjacent to an activating group) is 1. The summed E-state index contributed by atoms with van der Waals surface area (Å²) in [6.45, 7) is 4.00. The number of aryl methyl sites for hydroxylation is 1. The van der Waals surface area contributed by atoms with Crippen molar-refractivity contribution in [2.75, 3.05) is 50.6 Å². The zero-order chi connectivity index (χ0) is 23.8. The minimum absolute atomic E-state index is 0.0806. The number of nitrogens with zero attached hydrogens (tertiary/aromatic N) is 4. The number of aromatic hydroxyl groups is 1. The monoisotopic (exact) mass is 461 g/mol. The van der Waals surface area contributed by atoms with Gasteiger partial charge in [0.2, 0.25) is 0 Å². The van der Waals surface area contributed by atoms with Crippen molar-refractivity contribution in [1.82, 2.24) is 14.7 Å². The Hall–Kier alpha value is -3.98. The van der Waals surface area contributed by atoms with E-state index >= 15 is 0 Å². The fourth-order valence-electron chi connectivity index (χ4n) is 4.23. The minimum atomic E-state index is -0.344. The molecule has 176 valence electrons.